The Morgan fingerprint density at radius 1 is 1.18 bits per heavy atom. The van der Waals surface area contributed by atoms with E-state index in [-0.39, 0.29) is 11.8 Å². The highest BCUT2D eigenvalue weighted by atomic mass is 32.1. The summed E-state index contributed by atoms with van der Waals surface area (Å²) in [6, 6.07) is 6.31. The van der Waals surface area contributed by atoms with Gasteiger partial charge in [0.2, 0.25) is 11.0 Å². The molecular formula is C16H20N4OS. The molecule has 2 N–H and O–H groups in total. The molecule has 1 aliphatic rings. The first-order valence-electron chi connectivity index (χ1n) is 7.55. The van der Waals surface area contributed by atoms with Gasteiger partial charge < -0.3 is 10.6 Å². The van der Waals surface area contributed by atoms with E-state index in [0.717, 1.165) is 36.5 Å². The van der Waals surface area contributed by atoms with Crippen molar-refractivity contribution in [2.75, 3.05) is 18.4 Å². The average Bonchev–Trinajstić information content (AvgIpc) is 2.96. The normalized spacial score (nSPS) is 15.7. The summed E-state index contributed by atoms with van der Waals surface area (Å²) in [7, 11) is 0. The molecule has 0 radical (unpaired) electrons. The van der Waals surface area contributed by atoms with Crippen molar-refractivity contribution in [2.24, 2.45) is 5.92 Å². The SMILES string of the molecule is Cc1cc(C)cc(-c2nnc(NC(=O)C3CCNCC3)s2)c1. The van der Waals surface area contributed by atoms with Gasteiger partial charge in [-0.15, -0.1) is 10.2 Å². The fourth-order valence-electron chi connectivity index (χ4n) is 2.78. The number of nitrogens with zero attached hydrogens (tertiary/aromatic N) is 2. The smallest absolute Gasteiger partial charge is 0.229 e. The van der Waals surface area contributed by atoms with Crippen LogP contribution in [0.25, 0.3) is 10.6 Å². The second-order valence-electron chi connectivity index (χ2n) is 5.80. The Morgan fingerprint density at radius 2 is 1.86 bits per heavy atom. The van der Waals surface area contributed by atoms with Crippen LogP contribution in [0.3, 0.4) is 0 Å². The molecule has 1 saturated heterocycles. The Morgan fingerprint density at radius 3 is 2.55 bits per heavy atom. The number of piperidine rings is 1. The lowest BCUT2D eigenvalue weighted by atomic mass is 9.97. The molecule has 5 nitrogen and oxygen atoms in total. The summed E-state index contributed by atoms with van der Waals surface area (Å²) in [5.74, 6) is 0.138. The number of aryl methyl sites for hydroxylation is 2. The Labute approximate surface area is 134 Å². The summed E-state index contributed by atoms with van der Waals surface area (Å²) in [5, 5.41) is 15.9. The average molecular weight is 316 g/mol. The first-order chi connectivity index (χ1) is 10.6. The zero-order valence-corrected chi connectivity index (χ0v) is 13.7. The molecule has 3 rings (SSSR count). The predicted octanol–water partition coefficient (Wildman–Crippen LogP) is 2.76. The number of anilines is 1. The fourth-order valence-corrected chi connectivity index (χ4v) is 3.51. The van der Waals surface area contributed by atoms with E-state index in [1.807, 2.05) is 0 Å². The molecule has 1 fully saturated rings. The molecular weight excluding hydrogens is 296 g/mol. The van der Waals surface area contributed by atoms with Gasteiger partial charge in [0.15, 0.2) is 0 Å². The maximum atomic E-state index is 12.2. The molecule has 0 aliphatic carbocycles. The largest absolute Gasteiger partial charge is 0.317 e. The summed E-state index contributed by atoms with van der Waals surface area (Å²) in [5.41, 5.74) is 3.45. The number of benzene rings is 1. The third-order valence-corrected chi connectivity index (χ3v) is 4.72. The van der Waals surface area contributed by atoms with E-state index in [0.29, 0.717) is 5.13 Å². The number of hydrogen-bond acceptors (Lipinski definition) is 5. The van der Waals surface area contributed by atoms with Crippen LogP contribution < -0.4 is 10.6 Å². The Balaban J connectivity index is 1.72. The summed E-state index contributed by atoms with van der Waals surface area (Å²) in [6.07, 6.45) is 1.77. The van der Waals surface area contributed by atoms with Gasteiger partial charge >= 0.3 is 0 Å². The lowest BCUT2D eigenvalue weighted by Gasteiger charge is -2.20. The molecule has 1 aromatic carbocycles. The molecule has 0 atom stereocenters. The topological polar surface area (TPSA) is 66.9 Å². The number of hydrogen-bond donors (Lipinski definition) is 2. The number of carbonyl (C=O) groups excluding carboxylic acids is 1. The van der Waals surface area contributed by atoms with Gasteiger partial charge in [0, 0.05) is 11.5 Å². The van der Waals surface area contributed by atoms with Crippen molar-refractivity contribution in [3.8, 4) is 10.6 Å². The lowest BCUT2D eigenvalue weighted by molar-refractivity contribution is -0.120. The van der Waals surface area contributed by atoms with Crippen LogP contribution in [0, 0.1) is 19.8 Å². The zero-order chi connectivity index (χ0) is 15.5. The van der Waals surface area contributed by atoms with Crippen LogP contribution in [-0.4, -0.2) is 29.2 Å². The van der Waals surface area contributed by atoms with Crippen molar-refractivity contribution in [3.63, 3.8) is 0 Å². The first kappa shape index (κ1) is 15.1. The molecule has 0 bridgehead atoms. The monoisotopic (exact) mass is 316 g/mol. The van der Waals surface area contributed by atoms with Crippen LogP contribution in [0.4, 0.5) is 5.13 Å². The number of nitrogens with one attached hydrogen (secondary N) is 2. The summed E-state index contributed by atoms with van der Waals surface area (Å²) < 4.78 is 0. The van der Waals surface area contributed by atoms with Crippen molar-refractivity contribution in [2.45, 2.75) is 26.7 Å². The van der Waals surface area contributed by atoms with E-state index in [4.69, 9.17) is 0 Å². The molecule has 6 heteroatoms. The summed E-state index contributed by atoms with van der Waals surface area (Å²) in [4.78, 5) is 12.2. The highest BCUT2D eigenvalue weighted by Crippen LogP contribution is 2.28. The van der Waals surface area contributed by atoms with Crippen LogP contribution in [0.1, 0.15) is 24.0 Å². The van der Waals surface area contributed by atoms with Gasteiger partial charge in [-0.05, 0) is 51.9 Å². The highest BCUT2D eigenvalue weighted by molar-refractivity contribution is 7.18. The van der Waals surface area contributed by atoms with Crippen molar-refractivity contribution < 1.29 is 4.79 Å². The van der Waals surface area contributed by atoms with Gasteiger partial charge in [-0.25, -0.2) is 0 Å². The van der Waals surface area contributed by atoms with Crippen LogP contribution in [0.2, 0.25) is 0 Å². The Hall–Kier alpha value is -1.79. The number of aromatic nitrogens is 2. The standard InChI is InChI=1S/C16H20N4OS/c1-10-7-11(2)9-13(8-10)15-19-20-16(22-15)18-14(21)12-3-5-17-6-4-12/h7-9,12,17H,3-6H2,1-2H3,(H,18,20,21). The van der Waals surface area contributed by atoms with Crippen molar-refractivity contribution in [1.82, 2.24) is 15.5 Å². The molecule has 2 heterocycles. The maximum absolute atomic E-state index is 12.2. The minimum Gasteiger partial charge on any atom is -0.317 e. The second-order valence-corrected chi connectivity index (χ2v) is 6.78. The zero-order valence-electron chi connectivity index (χ0n) is 12.8. The molecule has 116 valence electrons. The Kier molecular flexibility index (Phi) is 4.49. The third-order valence-electron chi connectivity index (χ3n) is 3.83. The molecule has 1 aromatic heterocycles. The lowest BCUT2D eigenvalue weighted by Crippen LogP contribution is -2.34. The maximum Gasteiger partial charge on any atom is 0.229 e. The van der Waals surface area contributed by atoms with Gasteiger partial charge in [0.05, 0.1) is 0 Å². The number of rotatable bonds is 3. The third kappa shape index (κ3) is 3.51. The van der Waals surface area contributed by atoms with Crippen LogP contribution in [0.5, 0.6) is 0 Å². The van der Waals surface area contributed by atoms with Gasteiger partial charge in [0.25, 0.3) is 0 Å². The van der Waals surface area contributed by atoms with E-state index < -0.39 is 0 Å². The Bertz CT molecular complexity index is 656. The second kappa shape index (κ2) is 6.54. The van der Waals surface area contributed by atoms with Gasteiger partial charge in [-0.3, -0.25) is 4.79 Å². The van der Waals surface area contributed by atoms with Gasteiger partial charge in [-0.2, -0.15) is 0 Å². The van der Waals surface area contributed by atoms with Gasteiger partial charge in [-0.1, -0.05) is 28.5 Å². The first-order valence-corrected chi connectivity index (χ1v) is 8.37. The van der Waals surface area contributed by atoms with E-state index >= 15 is 0 Å². The van der Waals surface area contributed by atoms with Gasteiger partial charge in [0.1, 0.15) is 5.01 Å². The van der Waals surface area contributed by atoms with Crippen molar-refractivity contribution >= 4 is 22.4 Å². The summed E-state index contributed by atoms with van der Waals surface area (Å²) >= 11 is 1.43. The highest BCUT2D eigenvalue weighted by Gasteiger charge is 2.22. The van der Waals surface area contributed by atoms with E-state index in [9.17, 15) is 4.79 Å². The van der Waals surface area contributed by atoms with Crippen LogP contribution in [-0.2, 0) is 4.79 Å². The molecule has 0 unspecified atom stereocenters. The van der Waals surface area contributed by atoms with E-state index in [1.165, 1.54) is 22.5 Å². The van der Waals surface area contributed by atoms with Crippen LogP contribution in [0.15, 0.2) is 18.2 Å². The minimum atomic E-state index is 0.0598. The van der Waals surface area contributed by atoms with E-state index in [1.54, 1.807) is 0 Å². The van der Waals surface area contributed by atoms with Crippen molar-refractivity contribution in [1.29, 1.82) is 0 Å². The van der Waals surface area contributed by atoms with E-state index in [2.05, 4.69) is 52.9 Å². The van der Waals surface area contributed by atoms with Crippen molar-refractivity contribution in [3.05, 3.63) is 29.3 Å². The molecule has 1 aliphatic heterocycles. The molecule has 22 heavy (non-hydrogen) atoms. The number of carbonyl (C=O) groups is 1. The molecule has 0 saturated carbocycles. The predicted molar refractivity (Wildman–Crippen MR) is 89.0 cm³/mol. The minimum absolute atomic E-state index is 0.0598. The van der Waals surface area contributed by atoms with Crippen LogP contribution >= 0.6 is 11.3 Å². The quantitative estimate of drug-likeness (QED) is 0.914. The molecule has 2 aromatic rings. The fraction of sp³-hybridized carbons (Fsp3) is 0.438. The summed E-state index contributed by atoms with van der Waals surface area (Å²) in [6.45, 7) is 5.94. The number of amides is 1. The molecule has 0 spiro atoms. The molecule has 1 amide bonds.